The van der Waals surface area contributed by atoms with Crippen molar-refractivity contribution in [1.29, 1.82) is 0 Å². The van der Waals surface area contributed by atoms with E-state index >= 15 is 0 Å². The Labute approximate surface area is 109 Å². The smallest absolute Gasteiger partial charge is 0.411 e. The molecule has 1 unspecified atom stereocenters. The number of hydrogen-bond donors (Lipinski definition) is 0. The van der Waals surface area contributed by atoms with Crippen molar-refractivity contribution in [2.75, 3.05) is 13.7 Å². The third-order valence-electron chi connectivity index (χ3n) is 2.26. The van der Waals surface area contributed by atoms with Crippen LogP contribution in [0.4, 0.5) is 4.79 Å². The quantitative estimate of drug-likeness (QED) is 0.433. The van der Waals surface area contributed by atoms with Gasteiger partial charge < -0.3 is 9.57 Å². The van der Waals surface area contributed by atoms with E-state index in [1.807, 2.05) is 20.8 Å². The highest BCUT2D eigenvalue weighted by molar-refractivity contribution is 5.77. The zero-order valence-electron chi connectivity index (χ0n) is 10.9. The molecule has 1 heterocycles. The van der Waals surface area contributed by atoms with Crippen LogP contribution in [0, 0.1) is 0 Å². The molecule has 1 aliphatic rings. The summed E-state index contributed by atoms with van der Waals surface area (Å²) >= 11 is 0. The maximum Gasteiger partial charge on any atom is 0.411 e. The second-order valence-electron chi connectivity index (χ2n) is 5.07. The monoisotopic (exact) mass is 256 g/mol. The number of amides is 1. The SMILES string of the molecule is C.C=C1CC(/C=N/OC)N(C(=O)OC(C)(C)C)C1. The first kappa shape index (κ1) is 16.5. The fourth-order valence-corrected chi connectivity index (χ4v) is 1.61. The van der Waals surface area contributed by atoms with Crippen LogP contribution >= 0.6 is 0 Å². The molecule has 1 atom stereocenters. The Hall–Kier alpha value is -1.52. The summed E-state index contributed by atoms with van der Waals surface area (Å²) in [5, 5.41) is 3.70. The van der Waals surface area contributed by atoms with Gasteiger partial charge in [0, 0.05) is 6.54 Å². The van der Waals surface area contributed by atoms with Crippen LogP contribution < -0.4 is 0 Å². The van der Waals surface area contributed by atoms with Crippen molar-refractivity contribution < 1.29 is 14.4 Å². The summed E-state index contributed by atoms with van der Waals surface area (Å²) < 4.78 is 5.32. The van der Waals surface area contributed by atoms with Crippen molar-refractivity contribution >= 4 is 12.3 Å². The molecule has 0 aromatic heterocycles. The fourth-order valence-electron chi connectivity index (χ4n) is 1.61. The first-order valence-electron chi connectivity index (χ1n) is 5.56. The number of rotatable bonds is 2. The van der Waals surface area contributed by atoms with Gasteiger partial charge in [-0.1, -0.05) is 24.7 Å². The molecule has 18 heavy (non-hydrogen) atoms. The summed E-state index contributed by atoms with van der Waals surface area (Å²) in [5.41, 5.74) is 0.493. The topological polar surface area (TPSA) is 51.1 Å². The molecule has 5 nitrogen and oxygen atoms in total. The fraction of sp³-hybridized carbons (Fsp3) is 0.692. The molecular formula is C13H24N2O3. The zero-order valence-corrected chi connectivity index (χ0v) is 10.9. The lowest BCUT2D eigenvalue weighted by molar-refractivity contribution is 0.0271. The van der Waals surface area contributed by atoms with Crippen molar-refractivity contribution in [3.63, 3.8) is 0 Å². The van der Waals surface area contributed by atoms with E-state index in [1.165, 1.54) is 7.11 Å². The molecule has 1 saturated heterocycles. The highest BCUT2D eigenvalue weighted by Gasteiger charge is 2.33. The molecule has 1 rings (SSSR count). The Balaban J connectivity index is 0.00000289. The first-order chi connectivity index (χ1) is 7.83. The molecule has 0 N–H and O–H groups in total. The number of carbonyl (C=O) groups excluding carboxylic acids is 1. The van der Waals surface area contributed by atoms with Crippen molar-refractivity contribution in [1.82, 2.24) is 4.90 Å². The van der Waals surface area contributed by atoms with Crippen LogP contribution in [0.1, 0.15) is 34.6 Å². The van der Waals surface area contributed by atoms with E-state index < -0.39 is 5.60 Å². The number of carbonyl (C=O) groups is 1. The van der Waals surface area contributed by atoms with Gasteiger partial charge >= 0.3 is 6.09 Å². The van der Waals surface area contributed by atoms with Crippen molar-refractivity contribution in [2.45, 2.75) is 46.3 Å². The number of nitrogens with zero attached hydrogens (tertiary/aromatic N) is 2. The van der Waals surface area contributed by atoms with Gasteiger partial charge in [-0.3, -0.25) is 4.90 Å². The Kier molecular flexibility index (Phi) is 5.88. The minimum Gasteiger partial charge on any atom is -0.444 e. The first-order valence-corrected chi connectivity index (χ1v) is 5.56. The van der Waals surface area contributed by atoms with Crippen molar-refractivity contribution in [3.05, 3.63) is 12.2 Å². The molecule has 1 aliphatic heterocycles. The highest BCUT2D eigenvalue weighted by Crippen LogP contribution is 2.22. The summed E-state index contributed by atoms with van der Waals surface area (Å²) in [5.74, 6) is 0. The molecule has 0 aromatic rings. The molecule has 0 spiro atoms. The van der Waals surface area contributed by atoms with E-state index in [1.54, 1.807) is 11.1 Å². The van der Waals surface area contributed by atoms with Crippen molar-refractivity contribution in [3.8, 4) is 0 Å². The summed E-state index contributed by atoms with van der Waals surface area (Å²) in [7, 11) is 1.47. The standard InChI is InChI=1S/C12H20N2O3.CH4/c1-9-6-10(7-13-16-5)14(8-9)11(15)17-12(2,3)4;/h7,10H,1,6,8H2,2-5H3;1H4/b13-7+;. The van der Waals surface area contributed by atoms with Gasteiger partial charge in [0.15, 0.2) is 0 Å². The van der Waals surface area contributed by atoms with E-state index in [0.29, 0.717) is 13.0 Å². The lowest BCUT2D eigenvalue weighted by atomic mass is 10.2. The number of oxime groups is 1. The summed E-state index contributed by atoms with van der Waals surface area (Å²) in [4.78, 5) is 18.2. The summed E-state index contributed by atoms with van der Waals surface area (Å²) in [6, 6.07) is -0.128. The third-order valence-corrected chi connectivity index (χ3v) is 2.26. The maximum absolute atomic E-state index is 11.9. The van der Waals surface area contributed by atoms with E-state index in [-0.39, 0.29) is 19.6 Å². The van der Waals surface area contributed by atoms with Gasteiger partial charge in [-0.05, 0) is 27.2 Å². The average Bonchev–Trinajstić information content (AvgIpc) is 2.54. The predicted molar refractivity (Wildman–Crippen MR) is 72.7 cm³/mol. The van der Waals surface area contributed by atoms with E-state index in [0.717, 1.165) is 5.57 Å². The minimum absolute atomic E-state index is 0. The predicted octanol–water partition coefficient (Wildman–Crippen LogP) is 2.82. The van der Waals surface area contributed by atoms with Gasteiger partial charge in [0.05, 0.1) is 12.3 Å². The molecular weight excluding hydrogens is 232 g/mol. The molecule has 0 aliphatic carbocycles. The number of hydrogen-bond acceptors (Lipinski definition) is 4. The van der Waals surface area contributed by atoms with Gasteiger partial charge in [-0.25, -0.2) is 4.79 Å². The van der Waals surface area contributed by atoms with E-state index in [2.05, 4.69) is 16.6 Å². The number of ether oxygens (including phenoxy) is 1. The second kappa shape index (κ2) is 6.42. The molecule has 0 radical (unpaired) electrons. The third kappa shape index (κ3) is 4.77. The molecule has 1 amide bonds. The van der Waals surface area contributed by atoms with E-state index in [9.17, 15) is 4.79 Å². The maximum atomic E-state index is 11.9. The Morgan fingerprint density at radius 3 is 2.67 bits per heavy atom. The van der Waals surface area contributed by atoms with Crippen LogP contribution in [-0.2, 0) is 9.57 Å². The van der Waals surface area contributed by atoms with Crippen LogP contribution in [0.3, 0.4) is 0 Å². The Bertz CT molecular complexity index is 332. The van der Waals surface area contributed by atoms with Gasteiger partial charge in [-0.15, -0.1) is 0 Å². The summed E-state index contributed by atoms with van der Waals surface area (Å²) in [6.45, 7) is 9.92. The lowest BCUT2D eigenvalue weighted by Crippen LogP contribution is -2.40. The zero-order chi connectivity index (χ0) is 13.1. The van der Waals surface area contributed by atoms with Crippen LogP contribution in [0.2, 0.25) is 0 Å². The molecule has 0 saturated carbocycles. The van der Waals surface area contributed by atoms with Gasteiger partial charge in [-0.2, -0.15) is 0 Å². The van der Waals surface area contributed by atoms with Crippen LogP contribution in [-0.4, -0.2) is 42.5 Å². The molecule has 1 fully saturated rings. The van der Waals surface area contributed by atoms with Crippen LogP contribution in [0.25, 0.3) is 0 Å². The minimum atomic E-state index is -0.496. The normalized spacial score (nSPS) is 19.9. The van der Waals surface area contributed by atoms with Crippen molar-refractivity contribution in [2.24, 2.45) is 5.16 Å². The Morgan fingerprint density at radius 1 is 1.56 bits per heavy atom. The van der Waals surface area contributed by atoms with Gasteiger partial charge in [0.25, 0.3) is 0 Å². The Morgan fingerprint density at radius 2 is 2.17 bits per heavy atom. The second-order valence-corrected chi connectivity index (χ2v) is 5.07. The lowest BCUT2D eigenvalue weighted by Gasteiger charge is -2.26. The summed E-state index contributed by atoms with van der Waals surface area (Å²) in [6.07, 6.45) is 1.96. The molecule has 0 bridgehead atoms. The largest absolute Gasteiger partial charge is 0.444 e. The van der Waals surface area contributed by atoms with Gasteiger partial charge in [0.1, 0.15) is 12.7 Å². The van der Waals surface area contributed by atoms with E-state index in [4.69, 9.17) is 4.74 Å². The highest BCUT2D eigenvalue weighted by atomic mass is 16.6. The molecule has 5 heteroatoms. The van der Waals surface area contributed by atoms with Crippen LogP contribution in [0.5, 0.6) is 0 Å². The van der Waals surface area contributed by atoms with Gasteiger partial charge in [0.2, 0.25) is 0 Å². The average molecular weight is 256 g/mol. The molecule has 104 valence electrons. The van der Waals surface area contributed by atoms with Crippen LogP contribution in [0.15, 0.2) is 17.3 Å². The number of likely N-dealkylation sites (tertiary alicyclic amines) is 1. The molecule has 0 aromatic carbocycles.